The van der Waals surface area contributed by atoms with Gasteiger partial charge in [0.05, 0.1) is 0 Å². The Morgan fingerprint density at radius 3 is 2.25 bits per heavy atom. The van der Waals surface area contributed by atoms with Crippen molar-refractivity contribution in [1.82, 2.24) is 5.32 Å². The van der Waals surface area contributed by atoms with Crippen molar-refractivity contribution in [1.29, 1.82) is 0 Å². The first-order chi connectivity index (χ1) is 8.78. The fraction of sp³-hybridized carbons (Fsp3) is 0.429. The van der Waals surface area contributed by atoms with Crippen LogP contribution in [-0.2, 0) is 16.0 Å². The molecule has 1 amide bonds. The molecular weight excluding hydrogens is 332 g/mol. The van der Waals surface area contributed by atoms with Crippen molar-refractivity contribution in [2.75, 3.05) is 0 Å². The van der Waals surface area contributed by atoms with Gasteiger partial charge in [0.2, 0.25) is 0 Å². The summed E-state index contributed by atoms with van der Waals surface area (Å²) in [6, 6.07) is 8.89. The Hall–Kier alpha value is -0.321. The molecule has 0 aliphatic carbocycles. The molecule has 1 aromatic carbocycles. The number of carbonyl (C=O) groups is 2. The van der Waals surface area contributed by atoms with Gasteiger partial charge in [-0.05, 0) is 0 Å². The monoisotopic (exact) mass is 351 g/mol. The molecule has 0 saturated heterocycles. The number of nitrogens with one attached hydrogen (secondary N) is 1. The van der Waals surface area contributed by atoms with Crippen LogP contribution in [0, 0.1) is 0 Å². The molecule has 1 N–H and O–H groups in total. The smallest absolute Gasteiger partial charge is 1.00 e. The molecule has 0 aromatic heterocycles. The molecule has 0 spiro atoms. The summed E-state index contributed by atoms with van der Waals surface area (Å²) in [6.07, 6.45) is -0.150. The standard InChI is InChI=1S/C14H19NO3Se.Na/c1-14(2,3)18-13(17)15-11(12(16)19)9-10-7-5-4-6-8-10;/h4-8,11H,9H2,1-3H3,(H,15,17)(H,16,19);/q;+1/p-1. The Bertz CT molecular complexity index is 445. The fourth-order valence-electron chi connectivity index (χ4n) is 1.49. The summed E-state index contributed by atoms with van der Waals surface area (Å²) >= 11 is 2.42. The van der Waals surface area contributed by atoms with Crippen molar-refractivity contribution in [2.45, 2.75) is 38.8 Å². The van der Waals surface area contributed by atoms with Crippen LogP contribution in [0.5, 0.6) is 0 Å². The van der Waals surface area contributed by atoms with Crippen LogP contribution in [0.3, 0.4) is 0 Å². The molecule has 0 aliphatic rings. The summed E-state index contributed by atoms with van der Waals surface area (Å²) in [5.74, 6) is 0. The van der Waals surface area contributed by atoms with Gasteiger partial charge in [-0.3, -0.25) is 0 Å². The minimum absolute atomic E-state index is 0. The number of carbonyl (C=O) groups excluding carboxylic acids is 2. The molecule has 0 bridgehead atoms. The van der Waals surface area contributed by atoms with Crippen LogP contribution in [0.2, 0.25) is 0 Å². The van der Waals surface area contributed by atoms with Gasteiger partial charge in [0.25, 0.3) is 0 Å². The molecule has 20 heavy (non-hydrogen) atoms. The zero-order valence-corrected chi connectivity index (χ0v) is 16.0. The van der Waals surface area contributed by atoms with E-state index < -0.39 is 17.7 Å². The number of rotatable bonds is 4. The first-order valence-electron chi connectivity index (χ1n) is 6.02. The molecule has 1 aromatic rings. The predicted octanol–water partition coefficient (Wildman–Crippen LogP) is -1.18. The third kappa shape index (κ3) is 8.08. The van der Waals surface area contributed by atoms with Gasteiger partial charge in [-0.15, -0.1) is 0 Å². The molecule has 0 heterocycles. The van der Waals surface area contributed by atoms with Crippen LogP contribution in [0.15, 0.2) is 30.3 Å². The van der Waals surface area contributed by atoms with Crippen molar-refractivity contribution >= 4 is 26.8 Å². The van der Waals surface area contributed by atoms with Crippen LogP contribution in [0.25, 0.3) is 0 Å². The topological polar surface area (TPSA) is 55.4 Å². The van der Waals surface area contributed by atoms with E-state index in [4.69, 9.17) is 4.74 Å². The van der Waals surface area contributed by atoms with Crippen LogP contribution in [-0.4, -0.2) is 38.4 Å². The van der Waals surface area contributed by atoms with Crippen LogP contribution in [0.4, 0.5) is 4.79 Å². The molecule has 1 rings (SSSR count). The second-order valence-electron chi connectivity index (χ2n) is 5.21. The quantitative estimate of drug-likeness (QED) is 0.696. The Kier molecular flexibility index (Phi) is 8.71. The SMILES string of the molecule is CC(C)(C)OC(=O)NC(Cc1ccccc1)C(=O)[Se-].[Na+]. The molecule has 0 radical (unpaired) electrons. The van der Waals surface area contributed by atoms with Crippen molar-refractivity contribution in [3.05, 3.63) is 35.9 Å². The molecular formula is C14H18NNaO3Se. The van der Waals surface area contributed by atoms with Crippen molar-refractivity contribution in [3.8, 4) is 0 Å². The summed E-state index contributed by atoms with van der Waals surface area (Å²) in [6.45, 7) is 5.33. The van der Waals surface area contributed by atoms with Crippen molar-refractivity contribution in [3.63, 3.8) is 0 Å². The molecule has 1 atom stereocenters. The Labute approximate surface area is 150 Å². The summed E-state index contributed by atoms with van der Waals surface area (Å²) in [7, 11) is 0. The van der Waals surface area contributed by atoms with Gasteiger partial charge in [0.15, 0.2) is 0 Å². The zero-order chi connectivity index (χ0) is 14.5. The van der Waals surface area contributed by atoms with E-state index in [1.807, 2.05) is 30.3 Å². The summed E-state index contributed by atoms with van der Waals surface area (Å²) < 4.78 is 4.93. The summed E-state index contributed by atoms with van der Waals surface area (Å²) in [5, 5.41) is 2.58. The number of hydrogen-bond donors (Lipinski definition) is 1. The van der Waals surface area contributed by atoms with E-state index in [0.29, 0.717) is 6.42 Å². The molecule has 0 aliphatic heterocycles. The number of alkyl carbamates (subject to hydrolysis) is 1. The molecule has 6 heteroatoms. The van der Waals surface area contributed by atoms with Gasteiger partial charge in [0, 0.05) is 0 Å². The molecule has 0 saturated carbocycles. The minimum Gasteiger partial charge on any atom is 1.00 e. The number of amides is 1. The normalized spacial score (nSPS) is 11.9. The maximum absolute atomic E-state index is 11.7. The van der Waals surface area contributed by atoms with Gasteiger partial charge in [0.1, 0.15) is 0 Å². The van der Waals surface area contributed by atoms with Gasteiger partial charge in [-0.25, -0.2) is 0 Å². The largest absolute Gasteiger partial charge is 1.00 e. The van der Waals surface area contributed by atoms with E-state index in [-0.39, 0.29) is 34.2 Å². The number of ether oxygens (including phenoxy) is 1. The van der Waals surface area contributed by atoms with Gasteiger partial charge < -0.3 is 0 Å². The molecule has 0 fully saturated rings. The van der Waals surface area contributed by atoms with Gasteiger partial charge in [-0.2, -0.15) is 0 Å². The summed E-state index contributed by atoms with van der Waals surface area (Å²) in [4.78, 5) is 23.2. The van der Waals surface area contributed by atoms with Crippen LogP contribution < -0.4 is 34.9 Å². The Morgan fingerprint density at radius 2 is 1.80 bits per heavy atom. The Balaban J connectivity index is 0.00000361. The predicted molar refractivity (Wildman–Crippen MR) is 74.1 cm³/mol. The first kappa shape index (κ1) is 19.7. The van der Waals surface area contributed by atoms with E-state index >= 15 is 0 Å². The second kappa shape index (κ2) is 8.85. The van der Waals surface area contributed by atoms with Crippen molar-refractivity contribution in [2.24, 2.45) is 0 Å². The van der Waals surface area contributed by atoms with Gasteiger partial charge >= 0.3 is 151 Å². The molecule has 1 unspecified atom stereocenters. The fourth-order valence-corrected chi connectivity index (χ4v) is 1.79. The maximum Gasteiger partial charge on any atom is 1.00 e. The van der Waals surface area contributed by atoms with Crippen LogP contribution >= 0.6 is 0 Å². The third-order valence-corrected chi connectivity index (χ3v) is 2.86. The number of hydrogen-bond acceptors (Lipinski definition) is 3. The zero-order valence-electron chi connectivity index (χ0n) is 12.3. The third-order valence-electron chi connectivity index (χ3n) is 2.26. The van der Waals surface area contributed by atoms with Crippen molar-refractivity contribution < 1.29 is 43.9 Å². The average molecular weight is 350 g/mol. The first-order valence-corrected chi connectivity index (χ1v) is 6.88. The van der Waals surface area contributed by atoms with E-state index in [1.165, 1.54) is 0 Å². The maximum atomic E-state index is 11.7. The summed E-state index contributed by atoms with van der Waals surface area (Å²) in [5.41, 5.74) is 0.397. The van der Waals surface area contributed by atoms with Crippen LogP contribution in [0.1, 0.15) is 26.3 Å². The van der Waals surface area contributed by atoms with E-state index in [9.17, 15) is 9.59 Å². The van der Waals surface area contributed by atoms with Gasteiger partial charge in [-0.1, -0.05) is 0 Å². The molecule has 104 valence electrons. The Morgan fingerprint density at radius 1 is 1.25 bits per heavy atom. The molecule has 4 nitrogen and oxygen atoms in total. The van der Waals surface area contributed by atoms with E-state index in [0.717, 1.165) is 5.56 Å². The minimum atomic E-state index is -0.614. The average Bonchev–Trinajstić information content (AvgIpc) is 2.26. The van der Waals surface area contributed by atoms with E-state index in [1.54, 1.807) is 20.8 Å². The second-order valence-corrected chi connectivity index (χ2v) is 6.05. The van der Waals surface area contributed by atoms with E-state index in [2.05, 4.69) is 21.3 Å². The number of benzene rings is 1.